The van der Waals surface area contributed by atoms with Crippen LogP contribution in [0.3, 0.4) is 0 Å². The average molecular weight is 179 g/mol. The number of hydrogen-bond acceptors (Lipinski definition) is 2. The average Bonchev–Trinajstić information content (AvgIpc) is 2.84. The van der Waals surface area contributed by atoms with Crippen LogP contribution in [0.4, 0.5) is 4.79 Å². The summed E-state index contributed by atoms with van der Waals surface area (Å²) in [6.45, 7) is 3.09. The lowest BCUT2D eigenvalue weighted by Crippen LogP contribution is -2.02. The Labute approximate surface area is 78.2 Å². The number of hydrogen-bond donors (Lipinski definition) is 0. The Bertz CT molecular complexity index is 242. The number of nitrogens with zero attached hydrogens (tertiary/aromatic N) is 1. The summed E-state index contributed by atoms with van der Waals surface area (Å²) in [6.07, 6.45) is 8.42. The molecule has 0 spiro atoms. The van der Waals surface area contributed by atoms with E-state index in [4.69, 9.17) is 11.2 Å². The second kappa shape index (κ2) is 4.66. The fourth-order valence-corrected chi connectivity index (χ4v) is 1.30. The predicted octanol–water partition coefficient (Wildman–Crippen LogP) is 2.02. The molecule has 0 saturated heterocycles. The molecule has 1 saturated carbocycles. The SMILES string of the molecule is C#CCCCC1CC1OC(=O)N=C. The number of aliphatic imine (C=N–C) groups is 1. The summed E-state index contributed by atoms with van der Waals surface area (Å²) in [5, 5.41) is 0. The van der Waals surface area contributed by atoms with Gasteiger partial charge in [-0.15, -0.1) is 12.3 Å². The summed E-state index contributed by atoms with van der Waals surface area (Å²) >= 11 is 0. The molecule has 3 nitrogen and oxygen atoms in total. The molecule has 1 amide bonds. The van der Waals surface area contributed by atoms with Crippen molar-refractivity contribution in [2.75, 3.05) is 0 Å². The van der Waals surface area contributed by atoms with Crippen molar-refractivity contribution < 1.29 is 9.53 Å². The Morgan fingerprint density at radius 3 is 3.15 bits per heavy atom. The van der Waals surface area contributed by atoms with E-state index in [0.29, 0.717) is 5.92 Å². The van der Waals surface area contributed by atoms with Crippen LogP contribution in [0.5, 0.6) is 0 Å². The Kier molecular flexibility index (Phi) is 3.51. The van der Waals surface area contributed by atoms with Crippen molar-refractivity contribution in [1.29, 1.82) is 0 Å². The molecular formula is C10H13NO2. The number of ether oxygens (including phenoxy) is 1. The molecule has 1 aliphatic rings. The van der Waals surface area contributed by atoms with E-state index < -0.39 is 6.09 Å². The lowest BCUT2D eigenvalue weighted by Gasteiger charge is -1.98. The van der Waals surface area contributed by atoms with E-state index in [-0.39, 0.29) is 6.10 Å². The predicted molar refractivity (Wildman–Crippen MR) is 50.6 cm³/mol. The Hall–Kier alpha value is -1.30. The lowest BCUT2D eigenvalue weighted by molar-refractivity contribution is 0.143. The van der Waals surface area contributed by atoms with Crippen LogP contribution in [-0.2, 0) is 4.74 Å². The Balaban J connectivity index is 2.06. The summed E-state index contributed by atoms with van der Waals surface area (Å²) in [6, 6.07) is 0. The van der Waals surface area contributed by atoms with Crippen molar-refractivity contribution in [1.82, 2.24) is 0 Å². The third-order valence-corrected chi connectivity index (χ3v) is 2.14. The lowest BCUT2D eigenvalue weighted by atomic mass is 10.2. The molecule has 0 aromatic heterocycles. The maximum Gasteiger partial charge on any atom is 0.433 e. The number of carbonyl (C=O) groups excluding carboxylic acids is 1. The van der Waals surface area contributed by atoms with Gasteiger partial charge in [-0.1, -0.05) is 0 Å². The Morgan fingerprint density at radius 1 is 1.77 bits per heavy atom. The van der Waals surface area contributed by atoms with E-state index in [9.17, 15) is 4.79 Å². The molecule has 0 radical (unpaired) electrons. The number of carbonyl (C=O) groups is 1. The van der Waals surface area contributed by atoms with Crippen LogP contribution in [0.15, 0.2) is 4.99 Å². The van der Waals surface area contributed by atoms with Crippen LogP contribution >= 0.6 is 0 Å². The molecule has 0 N–H and O–H groups in total. The van der Waals surface area contributed by atoms with Gasteiger partial charge in [-0.2, -0.15) is 4.99 Å². The van der Waals surface area contributed by atoms with Crippen molar-refractivity contribution in [3.8, 4) is 12.3 Å². The molecule has 70 valence electrons. The third-order valence-electron chi connectivity index (χ3n) is 2.14. The number of rotatable bonds is 4. The molecule has 1 aliphatic carbocycles. The maximum atomic E-state index is 10.7. The van der Waals surface area contributed by atoms with Crippen LogP contribution in [0.1, 0.15) is 25.7 Å². The van der Waals surface area contributed by atoms with E-state index in [2.05, 4.69) is 17.6 Å². The summed E-state index contributed by atoms with van der Waals surface area (Å²) in [7, 11) is 0. The highest BCUT2D eigenvalue weighted by Gasteiger charge is 2.39. The summed E-state index contributed by atoms with van der Waals surface area (Å²) in [5.41, 5.74) is 0. The smallest absolute Gasteiger partial charge is 0.433 e. The normalized spacial score (nSPS) is 24.5. The van der Waals surface area contributed by atoms with Crippen molar-refractivity contribution >= 4 is 12.8 Å². The molecule has 0 heterocycles. The van der Waals surface area contributed by atoms with E-state index >= 15 is 0 Å². The zero-order valence-corrected chi connectivity index (χ0v) is 7.53. The quantitative estimate of drug-likeness (QED) is 0.376. The highest BCUT2D eigenvalue weighted by Crippen LogP contribution is 2.38. The van der Waals surface area contributed by atoms with Gasteiger partial charge in [0.1, 0.15) is 6.10 Å². The van der Waals surface area contributed by atoms with Crippen molar-refractivity contribution in [2.45, 2.75) is 31.8 Å². The van der Waals surface area contributed by atoms with Gasteiger partial charge in [-0.25, -0.2) is 4.79 Å². The minimum atomic E-state index is -0.565. The number of terminal acetylenes is 1. The molecule has 2 unspecified atom stereocenters. The van der Waals surface area contributed by atoms with Gasteiger partial charge in [0.15, 0.2) is 0 Å². The maximum absolute atomic E-state index is 10.7. The first-order chi connectivity index (χ1) is 6.27. The van der Waals surface area contributed by atoms with Gasteiger partial charge in [0.25, 0.3) is 0 Å². The zero-order chi connectivity index (χ0) is 9.68. The van der Waals surface area contributed by atoms with Gasteiger partial charge < -0.3 is 4.74 Å². The first kappa shape index (κ1) is 9.79. The Morgan fingerprint density at radius 2 is 2.54 bits per heavy atom. The molecular weight excluding hydrogens is 166 g/mol. The first-order valence-electron chi connectivity index (χ1n) is 4.38. The van der Waals surface area contributed by atoms with E-state index in [1.165, 1.54) is 0 Å². The molecule has 0 aliphatic heterocycles. The van der Waals surface area contributed by atoms with Crippen molar-refractivity contribution in [3.63, 3.8) is 0 Å². The van der Waals surface area contributed by atoms with Gasteiger partial charge in [0.05, 0.1) is 0 Å². The zero-order valence-electron chi connectivity index (χ0n) is 7.53. The molecule has 1 fully saturated rings. The topological polar surface area (TPSA) is 38.7 Å². The summed E-state index contributed by atoms with van der Waals surface area (Å²) in [4.78, 5) is 13.8. The summed E-state index contributed by atoms with van der Waals surface area (Å²) in [5.74, 6) is 3.08. The van der Waals surface area contributed by atoms with Crippen molar-refractivity contribution in [2.24, 2.45) is 10.9 Å². The largest absolute Gasteiger partial charge is 0.444 e. The molecule has 1 rings (SSSR count). The van der Waals surface area contributed by atoms with Gasteiger partial charge in [-0.05, 0) is 31.9 Å². The molecule has 13 heavy (non-hydrogen) atoms. The van der Waals surface area contributed by atoms with Crippen LogP contribution in [0, 0.1) is 18.3 Å². The third kappa shape index (κ3) is 3.29. The fourth-order valence-electron chi connectivity index (χ4n) is 1.30. The van der Waals surface area contributed by atoms with E-state index in [1.54, 1.807) is 0 Å². The standard InChI is InChI=1S/C10H13NO2/c1-3-4-5-6-8-7-9(8)13-10(12)11-2/h1,8-9H,2,4-7H2. The highest BCUT2D eigenvalue weighted by atomic mass is 16.6. The summed E-state index contributed by atoms with van der Waals surface area (Å²) < 4.78 is 4.93. The minimum absolute atomic E-state index is 0.0655. The van der Waals surface area contributed by atoms with Gasteiger partial charge in [-0.3, -0.25) is 0 Å². The van der Waals surface area contributed by atoms with Crippen LogP contribution in [0.2, 0.25) is 0 Å². The molecule has 0 bridgehead atoms. The van der Waals surface area contributed by atoms with E-state index in [1.807, 2.05) is 0 Å². The first-order valence-corrected chi connectivity index (χ1v) is 4.38. The molecule has 3 heteroatoms. The molecule has 0 aromatic carbocycles. The van der Waals surface area contributed by atoms with Crippen molar-refractivity contribution in [3.05, 3.63) is 0 Å². The molecule has 0 aromatic rings. The van der Waals surface area contributed by atoms with Crippen LogP contribution in [0.25, 0.3) is 0 Å². The van der Waals surface area contributed by atoms with Gasteiger partial charge >= 0.3 is 6.09 Å². The van der Waals surface area contributed by atoms with E-state index in [0.717, 1.165) is 25.7 Å². The van der Waals surface area contributed by atoms with Gasteiger partial charge in [0, 0.05) is 6.42 Å². The van der Waals surface area contributed by atoms with Crippen LogP contribution < -0.4 is 0 Å². The molecule has 2 atom stereocenters. The number of amides is 1. The van der Waals surface area contributed by atoms with Gasteiger partial charge in [0.2, 0.25) is 0 Å². The minimum Gasteiger partial charge on any atom is -0.444 e. The fraction of sp³-hybridized carbons (Fsp3) is 0.600. The van der Waals surface area contributed by atoms with Crippen LogP contribution in [-0.4, -0.2) is 18.9 Å². The number of unbranched alkanes of at least 4 members (excludes halogenated alkanes) is 1. The highest BCUT2D eigenvalue weighted by molar-refractivity contribution is 5.73. The second-order valence-electron chi connectivity index (χ2n) is 3.17. The second-order valence-corrected chi connectivity index (χ2v) is 3.17. The monoisotopic (exact) mass is 179 g/mol.